The van der Waals surface area contributed by atoms with Gasteiger partial charge in [-0.05, 0) is 73.2 Å². The smallest absolute Gasteiger partial charge is 0.407 e. The molecule has 5 aromatic rings. The second kappa shape index (κ2) is 18.9. The minimum absolute atomic E-state index is 0.294. The summed E-state index contributed by atoms with van der Waals surface area (Å²) < 4.78 is 11.4. The lowest BCUT2D eigenvalue weighted by atomic mass is 10.0. The van der Waals surface area contributed by atoms with Gasteiger partial charge in [-0.3, -0.25) is 19.2 Å². The summed E-state index contributed by atoms with van der Waals surface area (Å²) in [5, 5.41) is 11.8. The van der Waals surface area contributed by atoms with E-state index < -0.39 is 42.3 Å². The van der Waals surface area contributed by atoms with E-state index in [0.29, 0.717) is 60.6 Å². The summed E-state index contributed by atoms with van der Waals surface area (Å²) in [4.78, 5) is 82.5. The Labute approximate surface area is 354 Å². The minimum atomic E-state index is -1.00. The molecule has 2 fully saturated rings. The summed E-state index contributed by atoms with van der Waals surface area (Å²) in [5.41, 5.74) is 2.47. The number of rotatable bonds is 10. The average Bonchev–Trinajstić information content (AvgIpc) is 4.10. The van der Waals surface area contributed by atoms with Crippen molar-refractivity contribution >= 4 is 78.6 Å². The number of thiophene rings is 2. The standard InChI is InChI=1S/C44H42N6O8S2/c1-57-43(55)47-37(28-11-5-3-6-12-28)41(53)49-23-9-15-32(49)39(51)45-30-20-17-27(18-21-30)19-22-31-25-34-35(59-31)26-36(60-34)46-40(52)33-16-10-24-50(33)42(54)38(48-44(56)58-2)29-13-7-4-8-14-29/h3-8,11-14,17-18,20-21,25-26,32-33,37-38H,9-10,15-16,23-24H2,1-2H3,(H,45,51)(H,46,52)(H,47,55)(H,48,56). The van der Waals surface area contributed by atoms with Gasteiger partial charge in [-0.2, -0.15) is 0 Å². The highest BCUT2D eigenvalue weighted by Crippen LogP contribution is 2.36. The summed E-state index contributed by atoms with van der Waals surface area (Å²) in [5.74, 6) is 4.98. The molecule has 2 saturated heterocycles. The Hall–Kier alpha value is -6.70. The number of nitrogens with one attached hydrogen (secondary N) is 4. The predicted octanol–water partition coefficient (Wildman–Crippen LogP) is 6.42. The molecule has 3 aromatic carbocycles. The van der Waals surface area contributed by atoms with Crippen LogP contribution in [-0.2, 0) is 28.7 Å². The molecule has 0 aliphatic carbocycles. The molecular formula is C44H42N6O8S2. The molecule has 0 radical (unpaired) electrons. The Morgan fingerprint density at radius 2 is 1.13 bits per heavy atom. The molecular weight excluding hydrogens is 805 g/mol. The number of benzene rings is 3. The number of hydrogen-bond donors (Lipinski definition) is 4. The number of ether oxygens (including phenoxy) is 2. The Kier molecular flexibility index (Phi) is 13.1. The maximum Gasteiger partial charge on any atom is 0.407 e. The van der Waals surface area contributed by atoms with Crippen LogP contribution in [0.5, 0.6) is 0 Å². The lowest BCUT2D eigenvalue weighted by Crippen LogP contribution is -2.48. The van der Waals surface area contributed by atoms with Crippen LogP contribution in [0.15, 0.2) is 97.1 Å². The number of anilines is 2. The van der Waals surface area contributed by atoms with Crippen molar-refractivity contribution in [2.45, 2.75) is 49.9 Å². The Bertz CT molecular complexity index is 2410. The first-order valence-electron chi connectivity index (χ1n) is 19.3. The molecule has 2 aromatic heterocycles. The zero-order chi connectivity index (χ0) is 42.2. The number of methoxy groups -OCH3 is 2. The third kappa shape index (κ3) is 9.60. The Morgan fingerprint density at radius 3 is 1.63 bits per heavy atom. The van der Waals surface area contributed by atoms with Crippen molar-refractivity contribution in [3.8, 4) is 11.8 Å². The zero-order valence-corrected chi connectivity index (χ0v) is 34.4. The van der Waals surface area contributed by atoms with Gasteiger partial charge in [-0.25, -0.2) is 9.59 Å². The third-order valence-electron chi connectivity index (χ3n) is 10.3. The molecule has 2 aliphatic rings. The van der Waals surface area contributed by atoms with Gasteiger partial charge in [0.1, 0.15) is 24.2 Å². The summed E-state index contributed by atoms with van der Waals surface area (Å²) in [7, 11) is 2.46. The maximum absolute atomic E-state index is 13.7. The number of amides is 6. The van der Waals surface area contributed by atoms with Gasteiger partial charge in [0.2, 0.25) is 11.8 Å². The minimum Gasteiger partial charge on any atom is -0.453 e. The number of likely N-dealkylation sites (tertiary alicyclic amines) is 2. The van der Waals surface area contributed by atoms with Crippen molar-refractivity contribution in [1.29, 1.82) is 0 Å². The molecule has 7 rings (SSSR count). The summed E-state index contributed by atoms with van der Waals surface area (Å²) in [6, 6.07) is 25.3. The van der Waals surface area contributed by atoms with Crippen LogP contribution in [0.4, 0.5) is 20.3 Å². The second-order valence-corrected chi connectivity index (χ2v) is 16.3. The van der Waals surface area contributed by atoms with Crippen molar-refractivity contribution < 1.29 is 38.2 Å². The molecule has 0 bridgehead atoms. The number of nitrogens with zero attached hydrogens (tertiary/aromatic N) is 2. The monoisotopic (exact) mass is 846 g/mol. The van der Waals surface area contributed by atoms with Gasteiger partial charge in [0.05, 0.1) is 24.1 Å². The van der Waals surface area contributed by atoms with E-state index >= 15 is 0 Å². The topological polar surface area (TPSA) is 175 Å². The van der Waals surface area contributed by atoms with Crippen molar-refractivity contribution in [1.82, 2.24) is 20.4 Å². The number of carbonyl (C=O) groups excluding carboxylic acids is 6. The molecule has 0 saturated carbocycles. The second-order valence-electron chi connectivity index (χ2n) is 14.1. The summed E-state index contributed by atoms with van der Waals surface area (Å²) in [6.45, 7) is 0.766. The van der Waals surface area contributed by atoms with Crippen LogP contribution in [0.1, 0.15) is 59.3 Å². The van der Waals surface area contributed by atoms with E-state index in [2.05, 4.69) is 33.1 Å². The van der Waals surface area contributed by atoms with Crippen molar-refractivity contribution in [3.63, 3.8) is 0 Å². The normalized spacial score (nSPS) is 16.8. The number of fused-ring (bicyclic) bond motifs is 1. The molecule has 4 N–H and O–H groups in total. The van der Waals surface area contributed by atoms with Crippen molar-refractivity contribution in [3.05, 3.63) is 119 Å². The van der Waals surface area contributed by atoms with Crippen LogP contribution in [0.25, 0.3) is 9.40 Å². The van der Waals surface area contributed by atoms with Gasteiger partial charge in [0.15, 0.2) is 0 Å². The largest absolute Gasteiger partial charge is 0.453 e. The van der Waals surface area contributed by atoms with E-state index in [4.69, 9.17) is 9.47 Å². The Balaban J connectivity index is 0.949. The van der Waals surface area contributed by atoms with E-state index in [0.717, 1.165) is 19.8 Å². The first kappa shape index (κ1) is 41.5. The molecule has 0 spiro atoms. The lowest BCUT2D eigenvalue weighted by molar-refractivity contribution is -0.138. The molecule has 14 nitrogen and oxygen atoms in total. The van der Waals surface area contributed by atoms with Gasteiger partial charge in [0, 0.05) is 33.7 Å². The molecule has 6 amide bonds. The summed E-state index contributed by atoms with van der Waals surface area (Å²) >= 11 is 2.91. The van der Waals surface area contributed by atoms with Crippen LogP contribution in [0, 0.1) is 11.8 Å². The van der Waals surface area contributed by atoms with E-state index in [-0.39, 0.29) is 17.7 Å². The number of alkyl carbamates (subject to hydrolysis) is 2. The fourth-order valence-electron chi connectivity index (χ4n) is 7.32. The molecule has 4 heterocycles. The van der Waals surface area contributed by atoms with Crippen LogP contribution in [0.3, 0.4) is 0 Å². The van der Waals surface area contributed by atoms with Crippen LogP contribution in [0.2, 0.25) is 0 Å². The fourth-order valence-corrected chi connectivity index (χ4v) is 9.47. The van der Waals surface area contributed by atoms with Crippen LogP contribution >= 0.6 is 22.7 Å². The lowest BCUT2D eigenvalue weighted by Gasteiger charge is -2.28. The van der Waals surface area contributed by atoms with Gasteiger partial charge >= 0.3 is 12.2 Å². The first-order valence-corrected chi connectivity index (χ1v) is 20.9. The highest BCUT2D eigenvalue weighted by molar-refractivity contribution is 7.30. The molecule has 60 heavy (non-hydrogen) atoms. The number of hydrogen-bond acceptors (Lipinski definition) is 10. The Morgan fingerprint density at radius 1 is 0.633 bits per heavy atom. The van der Waals surface area contributed by atoms with Gasteiger partial charge < -0.3 is 40.5 Å². The highest BCUT2D eigenvalue weighted by Gasteiger charge is 2.40. The highest BCUT2D eigenvalue weighted by atomic mass is 32.1. The fraction of sp³-hybridized carbons (Fsp3) is 0.273. The van der Waals surface area contributed by atoms with Crippen LogP contribution < -0.4 is 21.3 Å². The molecule has 2 aliphatic heterocycles. The SMILES string of the molecule is COC(=O)NC(C(=O)N1CCCC1C(=O)Nc1ccc(C#Cc2cc3sc(NC(=O)C4CCCN4C(=O)C(NC(=O)OC)c4ccccc4)cc3s2)cc1)c1ccccc1. The van der Waals surface area contributed by atoms with Crippen molar-refractivity contribution in [2.24, 2.45) is 0 Å². The molecule has 4 atom stereocenters. The first-order chi connectivity index (χ1) is 29.1. The quantitative estimate of drug-likeness (QED) is 0.117. The molecule has 4 unspecified atom stereocenters. The zero-order valence-electron chi connectivity index (χ0n) is 32.8. The number of carbonyl (C=O) groups is 6. The summed E-state index contributed by atoms with van der Waals surface area (Å²) in [6.07, 6.45) is 0.792. The van der Waals surface area contributed by atoms with E-state index in [1.165, 1.54) is 46.7 Å². The molecule has 308 valence electrons. The third-order valence-corrected chi connectivity index (χ3v) is 12.4. The van der Waals surface area contributed by atoms with E-state index in [1.54, 1.807) is 72.8 Å². The van der Waals surface area contributed by atoms with Gasteiger partial charge in [-0.1, -0.05) is 72.5 Å². The van der Waals surface area contributed by atoms with Gasteiger partial charge in [-0.15, -0.1) is 22.7 Å². The van der Waals surface area contributed by atoms with Gasteiger partial charge in [0.25, 0.3) is 11.8 Å². The van der Waals surface area contributed by atoms with E-state index in [1.807, 2.05) is 24.3 Å². The van der Waals surface area contributed by atoms with Crippen molar-refractivity contribution in [2.75, 3.05) is 37.9 Å². The average molecular weight is 847 g/mol. The van der Waals surface area contributed by atoms with Crippen LogP contribution in [-0.4, -0.2) is 85.0 Å². The maximum atomic E-state index is 13.7. The molecule has 16 heteroatoms. The van der Waals surface area contributed by atoms with E-state index in [9.17, 15) is 28.8 Å². The predicted molar refractivity (Wildman–Crippen MR) is 228 cm³/mol.